The molecule has 0 spiro atoms. The molecule has 0 saturated carbocycles. The number of nitrogens with one attached hydrogen (secondary N) is 1. The van der Waals surface area contributed by atoms with Gasteiger partial charge in [-0.3, -0.25) is 14.5 Å². The van der Waals surface area contributed by atoms with Crippen LogP contribution in [0.4, 0.5) is 0 Å². The van der Waals surface area contributed by atoms with Crippen LogP contribution in [0, 0.1) is 0 Å². The minimum atomic E-state index is -0.0604. The van der Waals surface area contributed by atoms with Gasteiger partial charge in [-0.05, 0) is 35.4 Å². The zero-order valence-electron chi connectivity index (χ0n) is 14.3. The number of carbonyl (C=O) groups excluding carboxylic acids is 1. The maximum absolute atomic E-state index is 12.2. The first-order valence-electron chi connectivity index (χ1n) is 8.26. The van der Waals surface area contributed by atoms with Gasteiger partial charge in [0.05, 0.1) is 12.1 Å². The Kier molecular flexibility index (Phi) is 4.27. The SMILES string of the molecule is Cn1nccc1-c1cncc(CNC(=O)Cc2ccc3c(c2)OCO3)c1. The highest BCUT2D eigenvalue weighted by Gasteiger charge is 2.14. The third kappa shape index (κ3) is 3.37. The summed E-state index contributed by atoms with van der Waals surface area (Å²) >= 11 is 0. The summed E-state index contributed by atoms with van der Waals surface area (Å²) in [5, 5.41) is 7.10. The van der Waals surface area contributed by atoms with Crippen molar-refractivity contribution >= 4 is 5.91 Å². The lowest BCUT2D eigenvalue weighted by atomic mass is 10.1. The van der Waals surface area contributed by atoms with E-state index in [0.29, 0.717) is 18.0 Å². The Morgan fingerprint density at radius 3 is 2.88 bits per heavy atom. The van der Waals surface area contributed by atoms with Gasteiger partial charge in [0, 0.05) is 37.7 Å². The van der Waals surface area contributed by atoms with Gasteiger partial charge in [-0.25, -0.2) is 0 Å². The third-order valence-corrected chi connectivity index (χ3v) is 4.20. The van der Waals surface area contributed by atoms with Crippen molar-refractivity contribution in [2.24, 2.45) is 7.05 Å². The Morgan fingerprint density at radius 2 is 2.04 bits per heavy atom. The molecule has 3 aromatic rings. The van der Waals surface area contributed by atoms with Gasteiger partial charge in [-0.1, -0.05) is 6.07 Å². The Morgan fingerprint density at radius 1 is 1.15 bits per heavy atom. The molecule has 0 aliphatic carbocycles. The van der Waals surface area contributed by atoms with E-state index < -0.39 is 0 Å². The van der Waals surface area contributed by atoms with Crippen LogP contribution in [0.1, 0.15) is 11.1 Å². The van der Waals surface area contributed by atoms with Crippen molar-refractivity contribution in [3.63, 3.8) is 0 Å². The van der Waals surface area contributed by atoms with Crippen LogP contribution in [0.3, 0.4) is 0 Å². The second-order valence-electron chi connectivity index (χ2n) is 6.06. The molecule has 1 aliphatic heterocycles. The van der Waals surface area contributed by atoms with Crippen molar-refractivity contribution in [2.45, 2.75) is 13.0 Å². The fourth-order valence-electron chi connectivity index (χ4n) is 2.88. The van der Waals surface area contributed by atoms with Crippen molar-refractivity contribution in [3.05, 3.63) is 60.0 Å². The van der Waals surface area contributed by atoms with E-state index in [0.717, 1.165) is 22.4 Å². The normalized spacial score (nSPS) is 12.2. The molecule has 0 radical (unpaired) electrons. The van der Waals surface area contributed by atoms with Gasteiger partial charge in [-0.2, -0.15) is 5.10 Å². The number of nitrogens with zero attached hydrogens (tertiary/aromatic N) is 3. The Bertz CT molecular complexity index is 951. The molecule has 1 aliphatic rings. The van der Waals surface area contributed by atoms with Crippen LogP contribution in [-0.2, 0) is 24.8 Å². The number of aromatic nitrogens is 3. The van der Waals surface area contributed by atoms with E-state index in [-0.39, 0.29) is 19.1 Å². The average Bonchev–Trinajstić information content (AvgIpc) is 3.28. The van der Waals surface area contributed by atoms with Crippen molar-refractivity contribution < 1.29 is 14.3 Å². The van der Waals surface area contributed by atoms with Gasteiger partial charge < -0.3 is 14.8 Å². The topological polar surface area (TPSA) is 78.3 Å². The van der Waals surface area contributed by atoms with Crippen LogP contribution in [0.15, 0.2) is 48.9 Å². The highest BCUT2D eigenvalue weighted by Crippen LogP contribution is 2.32. The monoisotopic (exact) mass is 350 g/mol. The summed E-state index contributed by atoms with van der Waals surface area (Å²) in [5.74, 6) is 1.34. The Labute approximate surface area is 150 Å². The number of aryl methyl sites for hydroxylation is 1. The number of fused-ring (bicyclic) bond motifs is 1. The smallest absolute Gasteiger partial charge is 0.231 e. The number of hydrogen-bond donors (Lipinski definition) is 1. The van der Waals surface area contributed by atoms with Crippen molar-refractivity contribution in [1.82, 2.24) is 20.1 Å². The predicted octanol–water partition coefficient (Wildman–Crippen LogP) is 2.07. The van der Waals surface area contributed by atoms with E-state index in [9.17, 15) is 4.79 Å². The van der Waals surface area contributed by atoms with E-state index in [4.69, 9.17) is 9.47 Å². The molecule has 0 saturated heterocycles. The number of pyridine rings is 1. The highest BCUT2D eigenvalue weighted by atomic mass is 16.7. The molecule has 1 amide bonds. The number of amides is 1. The van der Waals surface area contributed by atoms with E-state index >= 15 is 0 Å². The van der Waals surface area contributed by atoms with Crippen LogP contribution in [0.2, 0.25) is 0 Å². The molecule has 7 nitrogen and oxygen atoms in total. The van der Waals surface area contributed by atoms with Crippen LogP contribution < -0.4 is 14.8 Å². The molecule has 1 N–H and O–H groups in total. The minimum Gasteiger partial charge on any atom is -0.454 e. The number of benzene rings is 1. The zero-order chi connectivity index (χ0) is 17.9. The number of rotatable bonds is 5. The van der Waals surface area contributed by atoms with E-state index in [1.807, 2.05) is 37.4 Å². The van der Waals surface area contributed by atoms with Gasteiger partial charge in [0.15, 0.2) is 11.5 Å². The molecular formula is C19H18N4O3. The van der Waals surface area contributed by atoms with E-state index in [1.165, 1.54) is 0 Å². The summed E-state index contributed by atoms with van der Waals surface area (Å²) in [4.78, 5) is 16.5. The second kappa shape index (κ2) is 6.87. The third-order valence-electron chi connectivity index (χ3n) is 4.20. The highest BCUT2D eigenvalue weighted by molar-refractivity contribution is 5.78. The predicted molar refractivity (Wildman–Crippen MR) is 94.6 cm³/mol. The molecule has 132 valence electrons. The van der Waals surface area contributed by atoms with Crippen LogP contribution >= 0.6 is 0 Å². The molecule has 0 unspecified atom stereocenters. The fraction of sp³-hybridized carbons (Fsp3) is 0.211. The van der Waals surface area contributed by atoms with Crippen LogP contribution in [0.5, 0.6) is 11.5 Å². The maximum Gasteiger partial charge on any atom is 0.231 e. The zero-order valence-corrected chi connectivity index (χ0v) is 14.3. The largest absolute Gasteiger partial charge is 0.454 e. The Hall–Kier alpha value is -3.35. The summed E-state index contributed by atoms with van der Waals surface area (Å²) in [5.41, 5.74) is 3.76. The summed E-state index contributed by atoms with van der Waals surface area (Å²) in [6, 6.07) is 9.47. The second-order valence-corrected chi connectivity index (χ2v) is 6.06. The van der Waals surface area contributed by atoms with Gasteiger partial charge in [-0.15, -0.1) is 0 Å². The summed E-state index contributed by atoms with van der Waals surface area (Å²) < 4.78 is 12.4. The molecule has 2 aromatic heterocycles. The van der Waals surface area contributed by atoms with Crippen LogP contribution in [0.25, 0.3) is 11.3 Å². The van der Waals surface area contributed by atoms with Crippen LogP contribution in [-0.4, -0.2) is 27.5 Å². The van der Waals surface area contributed by atoms with E-state index in [1.54, 1.807) is 23.3 Å². The molecular weight excluding hydrogens is 332 g/mol. The summed E-state index contributed by atoms with van der Waals surface area (Å²) in [6.07, 6.45) is 5.57. The van der Waals surface area contributed by atoms with Crippen molar-refractivity contribution in [3.8, 4) is 22.8 Å². The summed E-state index contributed by atoms with van der Waals surface area (Å²) in [6.45, 7) is 0.646. The first-order valence-corrected chi connectivity index (χ1v) is 8.26. The molecule has 0 bridgehead atoms. The number of carbonyl (C=O) groups is 1. The number of ether oxygens (including phenoxy) is 2. The first kappa shape index (κ1) is 16.1. The van der Waals surface area contributed by atoms with Crippen molar-refractivity contribution in [1.29, 1.82) is 0 Å². The lowest BCUT2D eigenvalue weighted by Gasteiger charge is -2.08. The Balaban J connectivity index is 1.38. The van der Waals surface area contributed by atoms with Crippen molar-refractivity contribution in [2.75, 3.05) is 6.79 Å². The number of hydrogen-bond acceptors (Lipinski definition) is 5. The van der Waals surface area contributed by atoms with Gasteiger partial charge in [0.25, 0.3) is 0 Å². The quantitative estimate of drug-likeness (QED) is 0.762. The fourth-order valence-corrected chi connectivity index (χ4v) is 2.88. The molecule has 0 fully saturated rings. The molecule has 3 heterocycles. The molecule has 7 heteroatoms. The van der Waals surface area contributed by atoms with Gasteiger partial charge >= 0.3 is 0 Å². The summed E-state index contributed by atoms with van der Waals surface area (Å²) in [7, 11) is 1.88. The van der Waals surface area contributed by atoms with E-state index in [2.05, 4.69) is 15.4 Å². The standard InChI is InChI=1S/C19H18N4O3/c1-23-16(4-5-22-23)15-6-14(9-20-11-15)10-21-19(24)8-13-2-3-17-18(7-13)26-12-25-17/h2-7,9,11H,8,10,12H2,1H3,(H,21,24). The lowest BCUT2D eigenvalue weighted by molar-refractivity contribution is -0.120. The average molecular weight is 350 g/mol. The maximum atomic E-state index is 12.2. The first-order chi connectivity index (χ1) is 12.7. The minimum absolute atomic E-state index is 0.0604. The molecule has 0 atom stereocenters. The molecule has 26 heavy (non-hydrogen) atoms. The molecule has 4 rings (SSSR count). The van der Waals surface area contributed by atoms with Gasteiger partial charge in [0.1, 0.15) is 0 Å². The van der Waals surface area contributed by atoms with Gasteiger partial charge in [0.2, 0.25) is 12.7 Å². The molecule has 1 aromatic carbocycles. The lowest BCUT2D eigenvalue weighted by Crippen LogP contribution is -2.24.